The molecule has 0 spiro atoms. The van der Waals surface area contributed by atoms with Gasteiger partial charge in [-0.2, -0.15) is 5.26 Å². The summed E-state index contributed by atoms with van der Waals surface area (Å²) in [4.78, 5) is 26.1. The first kappa shape index (κ1) is 30.4. The number of aromatic nitrogens is 1. The van der Waals surface area contributed by atoms with Crippen molar-refractivity contribution in [1.82, 2.24) is 14.8 Å². The molecule has 3 aromatic rings. The number of benzene rings is 2. The number of piperazine rings is 1. The molecule has 4 aliphatic rings. The summed E-state index contributed by atoms with van der Waals surface area (Å²) in [5, 5.41) is 11.7. The lowest BCUT2D eigenvalue weighted by molar-refractivity contribution is -0.131. The van der Waals surface area contributed by atoms with Gasteiger partial charge in [0.05, 0.1) is 11.2 Å². The summed E-state index contributed by atoms with van der Waals surface area (Å²) >= 11 is 7.06. The van der Waals surface area contributed by atoms with E-state index < -0.39 is 23.9 Å². The van der Waals surface area contributed by atoms with Crippen molar-refractivity contribution in [3.05, 3.63) is 75.9 Å². The number of likely N-dealkylation sites (tertiary alicyclic amines) is 1. The number of likely N-dealkylation sites (N-methyl/N-ethyl adjacent to an activating group) is 1. The smallest absolute Gasteiger partial charge is 0.282 e. The number of carbonyl (C=O) groups is 1. The van der Waals surface area contributed by atoms with Crippen LogP contribution in [0.2, 0.25) is 5.02 Å². The first-order valence-electron chi connectivity index (χ1n) is 15.6. The number of rotatable bonds is 7. The number of alkyl halides is 1. The normalized spacial score (nSPS) is 25.1. The summed E-state index contributed by atoms with van der Waals surface area (Å²) in [6, 6.07) is 11.6. The number of anilines is 1. The number of pyridine rings is 1. The number of halogens is 3. The van der Waals surface area contributed by atoms with Gasteiger partial charge in [-0.1, -0.05) is 36.4 Å². The van der Waals surface area contributed by atoms with Gasteiger partial charge in [0.25, 0.3) is 5.91 Å². The monoisotopic (exact) mass is 642 g/mol. The molecule has 0 bridgehead atoms. The summed E-state index contributed by atoms with van der Waals surface area (Å²) < 4.78 is 34.3. The number of nitrogens with zero attached hydrogens (tertiary/aromatic N) is 6. The number of ether oxygens (including phenoxy) is 1. The molecule has 3 fully saturated rings. The number of hydrogen-bond acceptors (Lipinski definition) is 6. The van der Waals surface area contributed by atoms with Crippen LogP contribution in [0.5, 0.6) is 5.88 Å². The Morgan fingerprint density at radius 2 is 2.07 bits per heavy atom. The van der Waals surface area contributed by atoms with Crippen LogP contribution in [0.25, 0.3) is 26.9 Å². The van der Waals surface area contributed by atoms with Crippen LogP contribution in [-0.4, -0.2) is 85.3 Å². The van der Waals surface area contributed by atoms with Crippen molar-refractivity contribution >= 4 is 34.1 Å². The maximum atomic E-state index is 14.2. The molecule has 8 nitrogen and oxygen atoms in total. The molecule has 2 aromatic carbocycles. The van der Waals surface area contributed by atoms with E-state index in [0.717, 1.165) is 17.5 Å². The first-order valence-corrected chi connectivity index (χ1v) is 16.0. The lowest BCUT2D eigenvalue weighted by Crippen LogP contribution is -2.56. The highest BCUT2D eigenvalue weighted by Gasteiger charge is 2.46. The van der Waals surface area contributed by atoms with Crippen LogP contribution < -0.4 is 9.64 Å². The fourth-order valence-electron chi connectivity index (χ4n) is 7.68. The Kier molecular flexibility index (Phi) is 7.83. The topological polar surface area (TPSA) is 77.1 Å². The van der Waals surface area contributed by atoms with Crippen molar-refractivity contribution in [2.45, 2.75) is 43.4 Å². The van der Waals surface area contributed by atoms with Crippen molar-refractivity contribution in [1.29, 1.82) is 5.26 Å². The largest absolute Gasteiger partial charge is 0.475 e. The molecule has 236 valence electrons. The van der Waals surface area contributed by atoms with Gasteiger partial charge < -0.3 is 19.4 Å². The van der Waals surface area contributed by atoms with Crippen LogP contribution in [0.15, 0.2) is 42.7 Å². The Morgan fingerprint density at radius 1 is 1.24 bits per heavy atom. The van der Waals surface area contributed by atoms with Crippen LogP contribution in [0.3, 0.4) is 0 Å². The Bertz CT molecular complexity index is 1850. The van der Waals surface area contributed by atoms with Gasteiger partial charge in [0, 0.05) is 48.2 Å². The highest BCUT2D eigenvalue weighted by atomic mass is 35.5. The van der Waals surface area contributed by atoms with E-state index in [1.165, 1.54) is 22.4 Å². The Labute approximate surface area is 271 Å². The van der Waals surface area contributed by atoms with E-state index in [4.69, 9.17) is 27.9 Å². The van der Waals surface area contributed by atoms with Crippen molar-refractivity contribution < 1.29 is 18.3 Å². The first-order chi connectivity index (χ1) is 22.2. The molecule has 11 heteroatoms. The highest BCUT2D eigenvalue weighted by molar-refractivity contribution is 6.34. The number of fused-ring (bicyclic) bond motifs is 4. The third kappa shape index (κ3) is 5.24. The van der Waals surface area contributed by atoms with E-state index in [0.29, 0.717) is 46.4 Å². The van der Waals surface area contributed by atoms with Gasteiger partial charge in [0.1, 0.15) is 30.5 Å². The zero-order valence-corrected chi connectivity index (χ0v) is 26.2. The van der Waals surface area contributed by atoms with Gasteiger partial charge in [-0.25, -0.2) is 20.3 Å². The van der Waals surface area contributed by atoms with Crippen molar-refractivity contribution in [2.75, 3.05) is 51.3 Å². The number of carbonyl (C=O) groups excluding carboxylic acids is 1. The second kappa shape index (κ2) is 11.8. The molecule has 3 heterocycles. The standard InChI is InChI=1S/C35H33ClF2N6O2/c1-19(37)35(45)44-8-7-43(17-24(44)15-40-2)33-28-12-30(36)27(25-6-4-5-20-9-21-10-26(21)32(20)25)13-31(28)41-34(29(33)14-39)46-18-23-11-22(38)16-42(23)3/h4-6,12-13,21-24,26H,1,7-11,15-18H2,3H3/t21?,22-,23+,24+,26?/m1/s1. The molecule has 1 amide bonds. The van der Waals surface area contributed by atoms with E-state index >= 15 is 0 Å². The van der Waals surface area contributed by atoms with Crippen molar-refractivity contribution in [3.8, 4) is 23.1 Å². The third-order valence-electron chi connectivity index (χ3n) is 10.0. The molecule has 1 saturated carbocycles. The van der Waals surface area contributed by atoms with Gasteiger partial charge in [-0.15, -0.1) is 0 Å². The molecule has 7 rings (SSSR count). The Balaban J connectivity index is 1.34. The molecule has 2 saturated heterocycles. The Hall–Kier alpha value is -4.25. The molecule has 2 unspecified atom stereocenters. The fourth-order valence-corrected chi connectivity index (χ4v) is 7.95. The van der Waals surface area contributed by atoms with Crippen LogP contribution in [-0.2, 0) is 11.2 Å². The van der Waals surface area contributed by atoms with Gasteiger partial charge in [-0.05, 0) is 67.0 Å². The van der Waals surface area contributed by atoms with Crippen molar-refractivity contribution in [3.63, 3.8) is 0 Å². The molecular weight excluding hydrogens is 610 g/mol. The van der Waals surface area contributed by atoms with Crippen LogP contribution >= 0.6 is 11.6 Å². The minimum absolute atomic E-state index is 0.0472. The average Bonchev–Trinajstić information content (AvgIpc) is 3.58. The van der Waals surface area contributed by atoms with Gasteiger partial charge in [0.2, 0.25) is 12.4 Å². The summed E-state index contributed by atoms with van der Waals surface area (Å²) in [7, 11) is 1.85. The second-order valence-corrected chi connectivity index (χ2v) is 13.3. The van der Waals surface area contributed by atoms with Crippen LogP contribution in [0.1, 0.15) is 35.4 Å². The molecule has 1 aromatic heterocycles. The van der Waals surface area contributed by atoms with Crippen molar-refractivity contribution in [2.24, 2.45) is 5.92 Å². The SMILES string of the molecule is [C-]#[N+]C[C@H]1CN(c2c(C#N)c(OC[C@@H]3C[C@@H](F)CN3C)nc3cc(-c4cccc5c4C4CC4C5)c(Cl)cc23)CCN1C(=O)C(=C)F. The molecular formula is C35H33ClF2N6O2. The number of nitriles is 1. The van der Waals surface area contributed by atoms with E-state index in [1.807, 2.05) is 29.0 Å². The van der Waals surface area contributed by atoms with E-state index in [-0.39, 0.29) is 50.3 Å². The van der Waals surface area contributed by atoms with E-state index in [1.54, 1.807) is 0 Å². The molecule has 46 heavy (non-hydrogen) atoms. The van der Waals surface area contributed by atoms with Gasteiger partial charge in [0.15, 0.2) is 5.83 Å². The molecule has 0 N–H and O–H groups in total. The zero-order chi connectivity index (χ0) is 32.3. The summed E-state index contributed by atoms with van der Waals surface area (Å²) in [6.45, 7) is 11.6. The third-order valence-corrected chi connectivity index (χ3v) is 10.3. The van der Waals surface area contributed by atoms with E-state index in [9.17, 15) is 18.8 Å². The summed E-state index contributed by atoms with van der Waals surface area (Å²) in [6.07, 6.45) is 1.65. The quantitative estimate of drug-likeness (QED) is 0.235. The summed E-state index contributed by atoms with van der Waals surface area (Å²) in [5.74, 6) is -0.553. The lowest BCUT2D eigenvalue weighted by atomic mass is 9.93. The predicted molar refractivity (Wildman–Crippen MR) is 172 cm³/mol. The van der Waals surface area contributed by atoms with Gasteiger partial charge >= 0.3 is 0 Å². The molecule has 2 aliphatic heterocycles. The van der Waals surface area contributed by atoms with Crippen LogP contribution in [0, 0.1) is 23.8 Å². The van der Waals surface area contributed by atoms with Crippen LogP contribution in [0.4, 0.5) is 14.5 Å². The minimum atomic E-state index is -1.08. The van der Waals surface area contributed by atoms with Gasteiger partial charge in [-0.3, -0.25) is 9.69 Å². The number of hydrogen-bond donors (Lipinski definition) is 0. The fraction of sp³-hybridized carbons (Fsp3) is 0.429. The summed E-state index contributed by atoms with van der Waals surface area (Å²) in [5.41, 5.74) is 5.93. The lowest BCUT2D eigenvalue weighted by Gasteiger charge is -2.40. The molecule has 0 radical (unpaired) electrons. The Morgan fingerprint density at radius 3 is 2.78 bits per heavy atom. The number of amides is 1. The molecule has 2 aliphatic carbocycles. The highest BCUT2D eigenvalue weighted by Crippen LogP contribution is 2.59. The molecule has 5 atom stereocenters. The minimum Gasteiger partial charge on any atom is -0.475 e. The zero-order valence-electron chi connectivity index (χ0n) is 25.5. The predicted octanol–water partition coefficient (Wildman–Crippen LogP) is 5.93. The maximum absolute atomic E-state index is 14.2. The van der Waals surface area contributed by atoms with E-state index in [2.05, 4.69) is 35.7 Å². The second-order valence-electron chi connectivity index (χ2n) is 12.9. The maximum Gasteiger partial charge on any atom is 0.282 e. The average molecular weight is 643 g/mol.